The molecular weight excluding hydrogens is 282 g/mol. The van der Waals surface area contributed by atoms with Crippen LogP contribution in [0.5, 0.6) is 5.75 Å². The van der Waals surface area contributed by atoms with Crippen LogP contribution in [0.4, 0.5) is 0 Å². The lowest BCUT2D eigenvalue weighted by molar-refractivity contribution is 0.0693. The van der Waals surface area contributed by atoms with Crippen LogP contribution in [0.1, 0.15) is 30.6 Å². The number of aromatic carboxylic acids is 1. The van der Waals surface area contributed by atoms with E-state index in [4.69, 9.17) is 9.84 Å². The Bertz CT molecular complexity index is 651. The molecule has 2 rings (SSSR count). The molecule has 1 atom stereocenters. The highest BCUT2D eigenvalue weighted by Gasteiger charge is 2.47. The molecule has 1 aliphatic rings. The van der Waals surface area contributed by atoms with Gasteiger partial charge in [-0.3, -0.25) is 0 Å². The second-order valence-electron chi connectivity index (χ2n) is 5.53. The fourth-order valence-electron chi connectivity index (χ4n) is 1.95. The normalized spacial score (nSPS) is 20.4. The van der Waals surface area contributed by atoms with Crippen LogP contribution in [0.15, 0.2) is 23.1 Å². The summed E-state index contributed by atoms with van der Waals surface area (Å²) in [6.07, 6.45) is 0.772. The van der Waals surface area contributed by atoms with Crippen LogP contribution in [0.25, 0.3) is 0 Å². The molecule has 2 N–H and O–H groups in total. The number of nitrogens with one attached hydrogen (secondary N) is 1. The smallest absolute Gasteiger partial charge is 0.339 e. The summed E-state index contributed by atoms with van der Waals surface area (Å²) >= 11 is 0. The highest BCUT2D eigenvalue weighted by atomic mass is 32.2. The number of hydrogen-bond acceptors (Lipinski definition) is 4. The quantitative estimate of drug-likeness (QED) is 0.859. The van der Waals surface area contributed by atoms with E-state index in [1.807, 2.05) is 13.8 Å². The largest absolute Gasteiger partial charge is 0.496 e. The summed E-state index contributed by atoms with van der Waals surface area (Å²) in [6.45, 7) is 3.94. The third-order valence-corrected chi connectivity index (χ3v) is 4.99. The SMILES string of the molecule is COc1ccc(S(=O)(=O)NC2CC2(C)C)cc1C(=O)O. The minimum absolute atomic E-state index is 0.0465. The first-order valence-corrected chi connectivity index (χ1v) is 7.59. The lowest BCUT2D eigenvalue weighted by atomic mass is 10.2. The minimum Gasteiger partial charge on any atom is -0.496 e. The molecular formula is C13H17NO5S. The van der Waals surface area contributed by atoms with E-state index >= 15 is 0 Å². The van der Waals surface area contributed by atoms with Gasteiger partial charge in [0.1, 0.15) is 11.3 Å². The summed E-state index contributed by atoms with van der Waals surface area (Å²) in [6, 6.07) is 3.68. The van der Waals surface area contributed by atoms with Gasteiger partial charge in [0.05, 0.1) is 12.0 Å². The Hall–Kier alpha value is -1.60. The first-order valence-electron chi connectivity index (χ1n) is 6.11. The number of ether oxygens (including phenoxy) is 1. The van der Waals surface area contributed by atoms with Crippen molar-refractivity contribution in [3.8, 4) is 5.75 Å². The number of benzene rings is 1. The van der Waals surface area contributed by atoms with Crippen LogP contribution >= 0.6 is 0 Å². The summed E-state index contributed by atoms with van der Waals surface area (Å²) in [5, 5.41) is 9.07. The van der Waals surface area contributed by atoms with Crippen molar-refractivity contribution >= 4 is 16.0 Å². The molecule has 1 unspecified atom stereocenters. The fourth-order valence-corrected chi connectivity index (χ4v) is 3.38. The van der Waals surface area contributed by atoms with E-state index in [-0.39, 0.29) is 27.7 Å². The molecule has 0 spiro atoms. The summed E-state index contributed by atoms with van der Waals surface area (Å²) in [7, 11) is -2.38. The van der Waals surface area contributed by atoms with Crippen molar-refractivity contribution in [3.05, 3.63) is 23.8 Å². The number of rotatable bonds is 5. The number of hydrogen-bond donors (Lipinski definition) is 2. The van der Waals surface area contributed by atoms with Gasteiger partial charge >= 0.3 is 5.97 Å². The Morgan fingerprint density at radius 1 is 1.45 bits per heavy atom. The number of carboxylic acids is 1. The summed E-state index contributed by atoms with van der Waals surface area (Å²) in [5.41, 5.74) is -0.222. The molecule has 20 heavy (non-hydrogen) atoms. The molecule has 7 heteroatoms. The zero-order valence-electron chi connectivity index (χ0n) is 11.5. The lowest BCUT2D eigenvalue weighted by Crippen LogP contribution is -2.28. The molecule has 0 aromatic heterocycles. The molecule has 1 saturated carbocycles. The van der Waals surface area contributed by atoms with Crippen molar-refractivity contribution < 1.29 is 23.1 Å². The van der Waals surface area contributed by atoms with Crippen molar-refractivity contribution in [1.82, 2.24) is 4.72 Å². The van der Waals surface area contributed by atoms with Crippen LogP contribution in [-0.2, 0) is 10.0 Å². The Morgan fingerprint density at radius 3 is 2.50 bits per heavy atom. The molecule has 110 valence electrons. The number of methoxy groups -OCH3 is 1. The molecule has 0 saturated heterocycles. The van der Waals surface area contributed by atoms with E-state index in [9.17, 15) is 13.2 Å². The maximum atomic E-state index is 12.2. The average Bonchev–Trinajstić information content (AvgIpc) is 2.94. The van der Waals surface area contributed by atoms with Gasteiger partial charge in [0.2, 0.25) is 10.0 Å². The van der Waals surface area contributed by atoms with Crippen LogP contribution in [0.3, 0.4) is 0 Å². The third-order valence-electron chi connectivity index (χ3n) is 3.52. The summed E-state index contributed by atoms with van der Waals surface area (Å²) in [4.78, 5) is 11.0. The van der Waals surface area contributed by atoms with Gasteiger partial charge in [-0.15, -0.1) is 0 Å². The van der Waals surface area contributed by atoms with E-state index in [1.165, 1.54) is 19.2 Å². The van der Waals surface area contributed by atoms with Gasteiger partial charge in [0.25, 0.3) is 0 Å². The Kier molecular flexibility index (Phi) is 3.51. The Labute approximate surface area is 117 Å². The standard InChI is InChI=1S/C13H17NO5S/c1-13(2)7-11(13)14-20(17,18)8-4-5-10(19-3)9(6-8)12(15)16/h4-6,11,14H,7H2,1-3H3,(H,15,16). The van der Waals surface area contributed by atoms with Gasteiger partial charge in [-0.25, -0.2) is 17.9 Å². The van der Waals surface area contributed by atoms with E-state index in [2.05, 4.69) is 4.72 Å². The zero-order chi connectivity index (χ0) is 15.1. The molecule has 1 aromatic rings. The number of carboxylic acid groups (broad SMARTS) is 1. The monoisotopic (exact) mass is 299 g/mol. The molecule has 6 nitrogen and oxygen atoms in total. The van der Waals surface area contributed by atoms with Gasteiger partial charge in [-0.1, -0.05) is 13.8 Å². The number of carbonyl (C=O) groups is 1. The first-order chi connectivity index (χ1) is 9.17. The number of sulfonamides is 1. The van der Waals surface area contributed by atoms with E-state index in [1.54, 1.807) is 0 Å². The predicted molar refractivity (Wildman–Crippen MR) is 72.5 cm³/mol. The highest BCUT2D eigenvalue weighted by molar-refractivity contribution is 7.89. The third kappa shape index (κ3) is 2.78. The fraction of sp³-hybridized carbons (Fsp3) is 0.462. The van der Waals surface area contributed by atoms with E-state index in [0.29, 0.717) is 0 Å². The van der Waals surface area contributed by atoms with Gasteiger partial charge < -0.3 is 9.84 Å². The van der Waals surface area contributed by atoms with Crippen LogP contribution in [0, 0.1) is 5.41 Å². The molecule has 0 heterocycles. The average molecular weight is 299 g/mol. The summed E-state index contributed by atoms with van der Waals surface area (Å²) in [5.74, 6) is -1.10. The molecule has 1 aliphatic carbocycles. The molecule has 0 radical (unpaired) electrons. The minimum atomic E-state index is -3.72. The van der Waals surface area contributed by atoms with Crippen molar-refractivity contribution in [2.75, 3.05) is 7.11 Å². The predicted octanol–water partition coefficient (Wildman–Crippen LogP) is 1.47. The van der Waals surface area contributed by atoms with Gasteiger partial charge in [0.15, 0.2) is 0 Å². The maximum absolute atomic E-state index is 12.2. The molecule has 1 fully saturated rings. The second-order valence-corrected chi connectivity index (χ2v) is 7.25. The Morgan fingerprint density at radius 2 is 2.05 bits per heavy atom. The van der Waals surface area contributed by atoms with Crippen molar-refractivity contribution in [1.29, 1.82) is 0 Å². The molecule has 1 aromatic carbocycles. The molecule has 0 aliphatic heterocycles. The van der Waals surface area contributed by atoms with Crippen molar-refractivity contribution in [3.63, 3.8) is 0 Å². The van der Waals surface area contributed by atoms with E-state index in [0.717, 1.165) is 12.5 Å². The zero-order valence-corrected chi connectivity index (χ0v) is 12.3. The highest BCUT2D eigenvalue weighted by Crippen LogP contribution is 2.45. The lowest BCUT2D eigenvalue weighted by Gasteiger charge is -2.10. The van der Waals surface area contributed by atoms with Crippen molar-refractivity contribution in [2.45, 2.75) is 31.2 Å². The van der Waals surface area contributed by atoms with Crippen LogP contribution in [0.2, 0.25) is 0 Å². The van der Waals surface area contributed by atoms with Crippen molar-refractivity contribution in [2.24, 2.45) is 5.41 Å². The summed E-state index contributed by atoms with van der Waals surface area (Å²) < 4.78 is 31.9. The van der Waals surface area contributed by atoms with Crippen LogP contribution < -0.4 is 9.46 Å². The maximum Gasteiger partial charge on any atom is 0.339 e. The molecule has 0 bridgehead atoms. The first kappa shape index (κ1) is 14.8. The second kappa shape index (κ2) is 4.75. The van der Waals surface area contributed by atoms with Gasteiger partial charge in [0, 0.05) is 6.04 Å². The van der Waals surface area contributed by atoms with Gasteiger partial charge in [-0.2, -0.15) is 0 Å². The Balaban J connectivity index is 2.33. The van der Waals surface area contributed by atoms with Crippen LogP contribution in [-0.4, -0.2) is 32.6 Å². The topological polar surface area (TPSA) is 92.7 Å². The van der Waals surface area contributed by atoms with E-state index < -0.39 is 16.0 Å². The van der Waals surface area contributed by atoms with Gasteiger partial charge in [-0.05, 0) is 30.0 Å². The molecule has 0 amide bonds.